The zero-order valence-corrected chi connectivity index (χ0v) is 12.5. The second kappa shape index (κ2) is 7.56. The Morgan fingerprint density at radius 3 is 2.64 bits per heavy atom. The third kappa shape index (κ3) is 4.56. The van der Waals surface area contributed by atoms with Gasteiger partial charge in [0.25, 0.3) is 5.91 Å². The van der Waals surface area contributed by atoms with E-state index in [0.717, 1.165) is 5.56 Å². The van der Waals surface area contributed by atoms with E-state index >= 15 is 0 Å². The van der Waals surface area contributed by atoms with Gasteiger partial charge in [-0.15, -0.1) is 0 Å². The van der Waals surface area contributed by atoms with Gasteiger partial charge in [-0.2, -0.15) is 0 Å². The van der Waals surface area contributed by atoms with Crippen molar-refractivity contribution in [1.82, 2.24) is 0 Å². The van der Waals surface area contributed by atoms with Crippen LogP contribution in [0.3, 0.4) is 0 Å². The minimum Gasteiger partial charge on any atom is -0.383 e. The Bertz CT molecular complexity index is 674. The molecule has 0 saturated heterocycles. The van der Waals surface area contributed by atoms with Crippen LogP contribution in [-0.4, -0.2) is 18.2 Å². The predicted octanol–water partition coefficient (Wildman–Crippen LogP) is 3.86. The van der Waals surface area contributed by atoms with Crippen molar-refractivity contribution in [3.05, 3.63) is 64.9 Å². The Morgan fingerprint density at radius 1 is 1.27 bits per heavy atom. The van der Waals surface area contributed by atoms with E-state index in [-0.39, 0.29) is 5.69 Å². The monoisotopic (exact) mass is 320 g/mol. The molecule has 114 valence electrons. The molecule has 2 aromatic rings. The van der Waals surface area contributed by atoms with Crippen molar-refractivity contribution in [2.24, 2.45) is 5.16 Å². The van der Waals surface area contributed by atoms with Crippen molar-refractivity contribution in [3.8, 4) is 0 Å². The molecule has 22 heavy (non-hydrogen) atoms. The second-order valence-electron chi connectivity index (χ2n) is 4.50. The summed E-state index contributed by atoms with van der Waals surface area (Å²) in [6.45, 7) is 1.52. The van der Waals surface area contributed by atoms with Crippen LogP contribution >= 0.6 is 11.6 Å². The molecule has 0 aromatic heterocycles. The summed E-state index contributed by atoms with van der Waals surface area (Å²) in [4.78, 5) is 16.9. The fourth-order valence-electron chi connectivity index (χ4n) is 1.58. The molecule has 0 unspecified atom stereocenters. The quantitative estimate of drug-likeness (QED) is 0.672. The number of halogens is 2. The molecule has 0 aliphatic rings. The van der Waals surface area contributed by atoms with Gasteiger partial charge in [0.2, 0.25) is 6.10 Å². The topological polar surface area (TPSA) is 50.7 Å². The van der Waals surface area contributed by atoms with Crippen LogP contribution in [0.15, 0.2) is 53.7 Å². The number of oxime groups is 1. The Morgan fingerprint density at radius 2 is 1.95 bits per heavy atom. The number of rotatable bonds is 5. The van der Waals surface area contributed by atoms with Crippen LogP contribution in [0.25, 0.3) is 0 Å². The lowest BCUT2D eigenvalue weighted by molar-refractivity contribution is -0.126. The van der Waals surface area contributed by atoms with Crippen molar-refractivity contribution in [2.45, 2.75) is 13.0 Å². The van der Waals surface area contributed by atoms with E-state index in [4.69, 9.17) is 16.4 Å². The maximum absolute atomic E-state index is 13.4. The van der Waals surface area contributed by atoms with Crippen molar-refractivity contribution in [3.63, 3.8) is 0 Å². The highest BCUT2D eigenvalue weighted by Crippen LogP contribution is 2.13. The third-order valence-electron chi connectivity index (χ3n) is 2.79. The minimum atomic E-state index is -0.858. The highest BCUT2D eigenvalue weighted by Gasteiger charge is 2.15. The average Bonchev–Trinajstić information content (AvgIpc) is 2.51. The molecule has 6 heteroatoms. The Labute approximate surface area is 132 Å². The predicted molar refractivity (Wildman–Crippen MR) is 84.6 cm³/mol. The summed E-state index contributed by atoms with van der Waals surface area (Å²) in [7, 11) is 0. The number of amides is 1. The molecule has 2 aromatic carbocycles. The smallest absolute Gasteiger partial charge is 0.268 e. The fraction of sp³-hybridized carbons (Fsp3) is 0.125. The van der Waals surface area contributed by atoms with Gasteiger partial charge in [0.1, 0.15) is 5.82 Å². The van der Waals surface area contributed by atoms with Gasteiger partial charge in [0, 0.05) is 5.02 Å². The molecule has 0 aliphatic carbocycles. The van der Waals surface area contributed by atoms with E-state index in [2.05, 4.69) is 10.5 Å². The fourth-order valence-corrected chi connectivity index (χ4v) is 1.70. The molecule has 2 rings (SSSR count). The van der Waals surface area contributed by atoms with Gasteiger partial charge in [0.05, 0.1) is 11.9 Å². The molecule has 4 nitrogen and oxygen atoms in total. The molecule has 0 saturated carbocycles. The number of para-hydroxylation sites is 1. The first-order valence-corrected chi connectivity index (χ1v) is 6.94. The molecule has 0 aliphatic heterocycles. The standard InChI is InChI=1S/C16H14ClFN2O2/c1-11(16(21)20-15-5-3-2-4-14(15)18)22-19-10-12-6-8-13(17)9-7-12/h2-11H,1H3,(H,20,21)/b19-10-/t11-/m1/s1. The number of hydrogen-bond donors (Lipinski definition) is 1. The molecule has 0 spiro atoms. The normalized spacial score (nSPS) is 12.1. The van der Waals surface area contributed by atoms with Crippen LogP contribution in [0.1, 0.15) is 12.5 Å². The summed E-state index contributed by atoms with van der Waals surface area (Å²) < 4.78 is 13.4. The van der Waals surface area contributed by atoms with Gasteiger partial charge in [-0.3, -0.25) is 4.79 Å². The van der Waals surface area contributed by atoms with Crippen LogP contribution in [0.4, 0.5) is 10.1 Å². The number of carbonyl (C=O) groups is 1. The summed E-state index contributed by atoms with van der Waals surface area (Å²) in [6.07, 6.45) is 0.603. The Balaban J connectivity index is 1.89. The van der Waals surface area contributed by atoms with E-state index in [1.54, 1.807) is 36.4 Å². The third-order valence-corrected chi connectivity index (χ3v) is 3.04. The lowest BCUT2D eigenvalue weighted by Crippen LogP contribution is -2.26. The van der Waals surface area contributed by atoms with E-state index in [0.29, 0.717) is 5.02 Å². The Kier molecular flexibility index (Phi) is 5.49. The highest BCUT2D eigenvalue weighted by molar-refractivity contribution is 6.30. The molecule has 1 amide bonds. The second-order valence-corrected chi connectivity index (χ2v) is 4.94. The lowest BCUT2D eigenvalue weighted by atomic mass is 10.2. The summed E-state index contributed by atoms with van der Waals surface area (Å²) in [5, 5.41) is 6.79. The van der Waals surface area contributed by atoms with E-state index < -0.39 is 17.8 Å². The van der Waals surface area contributed by atoms with Gasteiger partial charge < -0.3 is 10.2 Å². The number of carbonyl (C=O) groups excluding carboxylic acids is 1. The summed E-state index contributed by atoms with van der Waals surface area (Å²) in [5.74, 6) is -0.994. The van der Waals surface area contributed by atoms with Gasteiger partial charge in [0.15, 0.2) is 0 Å². The van der Waals surface area contributed by atoms with Crippen LogP contribution in [0, 0.1) is 5.82 Å². The first-order chi connectivity index (χ1) is 10.6. The van der Waals surface area contributed by atoms with E-state index in [1.807, 2.05) is 0 Å². The van der Waals surface area contributed by atoms with Crippen molar-refractivity contribution >= 4 is 29.4 Å². The largest absolute Gasteiger partial charge is 0.383 e. The summed E-state index contributed by atoms with van der Waals surface area (Å²) in [5.41, 5.74) is 0.885. The molecule has 1 atom stereocenters. The molecular weight excluding hydrogens is 307 g/mol. The number of hydrogen-bond acceptors (Lipinski definition) is 3. The molecular formula is C16H14ClFN2O2. The number of anilines is 1. The average molecular weight is 321 g/mol. The van der Waals surface area contributed by atoms with Crippen LogP contribution in [0.2, 0.25) is 5.02 Å². The zero-order chi connectivity index (χ0) is 15.9. The minimum absolute atomic E-state index is 0.102. The van der Waals surface area contributed by atoms with Gasteiger partial charge in [-0.25, -0.2) is 4.39 Å². The first kappa shape index (κ1) is 16.0. The maximum atomic E-state index is 13.4. The lowest BCUT2D eigenvalue weighted by Gasteiger charge is -2.10. The van der Waals surface area contributed by atoms with Crippen molar-refractivity contribution in [1.29, 1.82) is 0 Å². The number of nitrogens with zero attached hydrogens (tertiary/aromatic N) is 1. The maximum Gasteiger partial charge on any atom is 0.268 e. The number of nitrogens with one attached hydrogen (secondary N) is 1. The molecule has 0 radical (unpaired) electrons. The van der Waals surface area contributed by atoms with Gasteiger partial charge >= 0.3 is 0 Å². The van der Waals surface area contributed by atoms with Crippen LogP contribution in [-0.2, 0) is 9.63 Å². The molecule has 0 fully saturated rings. The molecule has 0 bridgehead atoms. The van der Waals surface area contributed by atoms with E-state index in [1.165, 1.54) is 25.3 Å². The van der Waals surface area contributed by atoms with Crippen LogP contribution < -0.4 is 5.32 Å². The zero-order valence-electron chi connectivity index (χ0n) is 11.8. The van der Waals surface area contributed by atoms with Crippen molar-refractivity contribution < 1.29 is 14.0 Å². The summed E-state index contributed by atoms with van der Waals surface area (Å²) in [6, 6.07) is 12.9. The van der Waals surface area contributed by atoms with Gasteiger partial charge in [-0.1, -0.05) is 41.0 Å². The van der Waals surface area contributed by atoms with Gasteiger partial charge in [-0.05, 0) is 36.8 Å². The molecule has 0 heterocycles. The van der Waals surface area contributed by atoms with E-state index in [9.17, 15) is 9.18 Å². The van der Waals surface area contributed by atoms with Crippen LogP contribution in [0.5, 0.6) is 0 Å². The Hall–Kier alpha value is -2.40. The van der Waals surface area contributed by atoms with Crippen molar-refractivity contribution in [2.75, 3.05) is 5.32 Å². The highest BCUT2D eigenvalue weighted by atomic mass is 35.5. The molecule has 1 N–H and O–H groups in total. The SMILES string of the molecule is C[C@@H](O/N=C\c1ccc(Cl)cc1)C(=O)Nc1ccccc1F. The number of benzene rings is 2. The summed E-state index contributed by atoms with van der Waals surface area (Å²) >= 11 is 5.77. The first-order valence-electron chi connectivity index (χ1n) is 6.56.